The second-order valence-corrected chi connectivity index (χ2v) is 11.6. The number of sulfonamides is 1. The summed E-state index contributed by atoms with van der Waals surface area (Å²) in [7, 11) is -3.51. The van der Waals surface area contributed by atoms with Gasteiger partial charge in [0, 0.05) is 36.2 Å². The Kier molecular flexibility index (Phi) is 6.28. The minimum atomic E-state index is -3.51. The summed E-state index contributed by atoms with van der Waals surface area (Å²) in [5, 5.41) is 1.21. The lowest BCUT2D eigenvalue weighted by Crippen LogP contribution is -2.38. The summed E-state index contributed by atoms with van der Waals surface area (Å²) in [6.45, 7) is 7.58. The highest BCUT2D eigenvalue weighted by molar-refractivity contribution is 7.89. The molecule has 0 N–H and O–H groups in total. The van der Waals surface area contributed by atoms with Gasteiger partial charge in [-0.3, -0.25) is 0 Å². The lowest BCUT2D eigenvalue weighted by molar-refractivity contribution is 0.319. The van der Waals surface area contributed by atoms with Crippen molar-refractivity contribution in [3.05, 3.63) is 100 Å². The monoisotopic (exact) mass is 490 g/mol. The van der Waals surface area contributed by atoms with Crippen molar-refractivity contribution in [3.8, 4) is 0 Å². The number of fused-ring (bicyclic) bond motifs is 1. The molecule has 0 unspecified atom stereocenters. The van der Waals surface area contributed by atoms with Crippen LogP contribution in [0.3, 0.4) is 0 Å². The van der Waals surface area contributed by atoms with E-state index >= 15 is 0 Å². The van der Waals surface area contributed by atoms with E-state index in [9.17, 15) is 12.8 Å². The van der Waals surface area contributed by atoms with Crippen LogP contribution in [0.2, 0.25) is 0 Å². The molecule has 2 heterocycles. The average Bonchev–Trinajstić information content (AvgIpc) is 3.10. The van der Waals surface area contributed by atoms with E-state index in [2.05, 4.69) is 29.7 Å². The van der Waals surface area contributed by atoms with Gasteiger partial charge >= 0.3 is 0 Å². The molecular formula is C29H31FN2O2S. The quantitative estimate of drug-likeness (QED) is 0.328. The maximum Gasteiger partial charge on any atom is 0.243 e. The third-order valence-electron chi connectivity index (χ3n) is 7.32. The van der Waals surface area contributed by atoms with Gasteiger partial charge in [-0.25, -0.2) is 12.8 Å². The van der Waals surface area contributed by atoms with Gasteiger partial charge in [0.05, 0.1) is 4.90 Å². The van der Waals surface area contributed by atoms with E-state index in [1.165, 1.54) is 22.7 Å². The molecule has 0 radical (unpaired) electrons. The summed E-state index contributed by atoms with van der Waals surface area (Å²) in [5.41, 5.74) is 6.38. The highest BCUT2D eigenvalue weighted by Crippen LogP contribution is 2.39. The van der Waals surface area contributed by atoms with Gasteiger partial charge < -0.3 is 4.57 Å². The van der Waals surface area contributed by atoms with Crippen LogP contribution in [0.5, 0.6) is 0 Å². The van der Waals surface area contributed by atoms with Crippen LogP contribution >= 0.6 is 0 Å². The smallest absolute Gasteiger partial charge is 0.243 e. The zero-order valence-electron chi connectivity index (χ0n) is 20.5. The molecule has 35 heavy (non-hydrogen) atoms. The first-order valence-corrected chi connectivity index (χ1v) is 13.6. The molecule has 5 rings (SSSR count). The Morgan fingerprint density at radius 3 is 2.37 bits per heavy atom. The molecule has 1 aliphatic rings. The van der Waals surface area contributed by atoms with Crippen LogP contribution in [-0.4, -0.2) is 30.4 Å². The Morgan fingerprint density at radius 1 is 0.914 bits per heavy atom. The van der Waals surface area contributed by atoms with E-state index in [4.69, 9.17) is 0 Å². The van der Waals surface area contributed by atoms with Gasteiger partial charge in [0.25, 0.3) is 0 Å². The number of aryl methyl sites for hydroxylation is 2. The molecule has 1 aliphatic heterocycles. The molecule has 4 nitrogen and oxygen atoms in total. The van der Waals surface area contributed by atoms with E-state index in [0.717, 1.165) is 35.0 Å². The number of para-hydroxylation sites is 1. The van der Waals surface area contributed by atoms with E-state index < -0.39 is 10.0 Å². The Labute approximate surface area is 207 Å². The van der Waals surface area contributed by atoms with E-state index in [1.807, 2.05) is 38.1 Å². The van der Waals surface area contributed by atoms with Crippen LogP contribution in [0.15, 0.2) is 71.6 Å². The molecule has 1 aromatic heterocycles. The van der Waals surface area contributed by atoms with Crippen LogP contribution in [-0.2, 0) is 16.6 Å². The van der Waals surface area contributed by atoms with Crippen molar-refractivity contribution < 1.29 is 12.8 Å². The molecule has 0 saturated carbocycles. The van der Waals surface area contributed by atoms with Gasteiger partial charge in [0.2, 0.25) is 10.0 Å². The van der Waals surface area contributed by atoms with Crippen molar-refractivity contribution in [3.63, 3.8) is 0 Å². The zero-order chi connectivity index (χ0) is 24.7. The van der Waals surface area contributed by atoms with Crippen LogP contribution in [0.25, 0.3) is 10.9 Å². The topological polar surface area (TPSA) is 42.3 Å². The molecule has 3 aromatic carbocycles. The Balaban J connectivity index is 1.43. The molecule has 6 heteroatoms. The molecule has 4 aromatic rings. The lowest BCUT2D eigenvalue weighted by Gasteiger charge is -2.32. The van der Waals surface area contributed by atoms with E-state index in [1.54, 1.807) is 22.5 Å². The van der Waals surface area contributed by atoms with Crippen LogP contribution in [0.4, 0.5) is 4.39 Å². The first kappa shape index (κ1) is 23.8. The molecule has 1 fully saturated rings. The molecule has 0 bridgehead atoms. The summed E-state index contributed by atoms with van der Waals surface area (Å²) in [6.07, 6.45) is 1.55. The Hall–Kier alpha value is -2.96. The molecule has 0 aliphatic carbocycles. The molecule has 0 spiro atoms. The first-order chi connectivity index (χ1) is 16.8. The Morgan fingerprint density at radius 2 is 1.66 bits per heavy atom. The molecule has 1 saturated heterocycles. The number of piperidine rings is 1. The second kappa shape index (κ2) is 9.25. The minimum absolute atomic E-state index is 0.228. The van der Waals surface area contributed by atoms with E-state index in [-0.39, 0.29) is 11.7 Å². The van der Waals surface area contributed by atoms with Crippen molar-refractivity contribution in [2.45, 2.75) is 51.0 Å². The fourth-order valence-electron chi connectivity index (χ4n) is 5.61. The number of aromatic nitrogens is 1. The van der Waals surface area contributed by atoms with Gasteiger partial charge in [0.1, 0.15) is 5.82 Å². The number of hydrogen-bond acceptors (Lipinski definition) is 2. The van der Waals surface area contributed by atoms with Gasteiger partial charge in [-0.15, -0.1) is 0 Å². The number of benzene rings is 3. The van der Waals surface area contributed by atoms with Crippen molar-refractivity contribution >= 4 is 20.9 Å². The third kappa shape index (κ3) is 4.41. The predicted octanol–water partition coefficient (Wildman–Crippen LogP) is 6.32. The fourth-order valence-corrected chi connectivity index (χ4v) is 7.28. The largest absolute Gasteiger partial charge is 0.340 e. The van der Waals surface area contributed by atoms with Crippen LogP contribution in [0.1, 0.15) is 46.7 Å². The summed E-state index contributed by atoms with van der Waals surface area (Å²) in [4.78, 5) is 0.407. The normalized spacial score (nSPS) is 15.7. The second-order valence-electron chi connectivity index (χ2n) is 9.68. The number of rotatable bonds is 5. The summed E-state index contributed by atoms with van der Waals surface area (Å²) >= 11 is 0. The summed E-state index contributed by atoms with van der Waals surface area (Å²) in [6, 6.07) is 20.6. The average molecular weight is 491 g/mol. The van der Waals surface area contributed by atoms with Gasteiger partial charge in [-0.05, 0) is 80.5 Å². The SMILES string of the molecule is Cc1ccc(S(=O)(=O)N2CCC(c3c(C)n(Cc4cccc(F)c4)c4ccccc34)CC2)c(C)c1. The molecule has 0 amide bonds. The predicted molar refractivity (Wildman–Crippen MR) is 139 cm³/mol. The van der Waals surface area contributed by atoms with Crippen molar-refractivity contribution in [1.82, 2.24) is 8.87 Å². The number of nitrogens with zero attached hydrogens (tertiary/aromatic N) is 2. The highest BCUT2D eigenvalue weighted by atomic mass is 32.2. The standard InChI is InChI=1S/C29H31FN2O2S/c1-20-11-12-28(21(2)17-20)35(33,34)31-15-13-24(14-16-31)29-22(3)32(27-10-5-4-9-26(27)29)19-23-7-6-8-25(30)18-23/h4-12,17-18,24H,13-16,19H2,1-3H3. The van der Waals surface area contributed by atoms with Crippen molar-refractivity contribution in [1.29, 1.82) is 0 Å². The summed E-state index contributed by atoms with van der Waals surface area (Å²) in [5.74, 6) is 0.0495. The minimum Gasteiger partial charge on any atom is -0.340 e. The number of hydrogen-bond donors (Lipinski definition) is 0. The Bertz CT molecular complexity index is 1500. The van der Waals surface area contributed by atoms with Crippen molar-refractivity contribution in [2.75, 3.05) is 13.1 Å². The van der Waals surface area contributed by atoms with Crippen LogP contribution < -0.4 is 0 Å². The third-order valence-corrected chi connectivity index (χ3v) is 9.38. The first-order valence-electron chi connectivity index (χ1n) is 12.2. The zero-order valence-corrected chi connectivity index (χ0v) is 21.3. The van der Waals surface area contributed by atoms with E-state index in [0.29, 0.717) is 24.5 Å². The van der Waals surface area contributed by atoms with Crippen molar-refractivity contribution in [2.24, 2.45) is 0 Å². The maximum atomic E-state index is 13.8. The molecule has 182 valence electrons. The van der Waals surface area contributed by atoms with Gasteiger partial charge in [-0.1, -0.05) is 48.0 Å². The highest BCUT2D eigenvalue weighted by Gasteiger charge is 2.32. The van der Waals surface area contributed by atoms with Crippen LogP contribution in [0, 0.1) is 26.6 Å². The summed E-state index contributed by atoms with van der Waals surface area (Å²) < 4.78 is 44.5. The maximum absolute atomic E-state index is 13.8. The number of halogens is 1. The molecular weight excluding hydrogens is 459 g/mol. The molecule has 0 atom stereocenters. The van der Waals surface area contributed by atoms with Gasteiger partial charge in [0.15, 0.2) is 0 Å². The van der Waals surface area contributed by atoms with Gasteiger partial charge in [-0.2, -0.15) is 4.31 Å². The fraction of sp³-hybridized carbons (Fsp3) is 0.310. The lowest BCUT2D eigenvalue weighted by atomic mass is 9.88.